The molecule has 3 heteroatoms. The quantitative estimate of drug-likeness (QED) is 0.883. The van der Waals surface area contributed by atoms with Crippen LogP contribution in [-0.4, -0.2) is 23.4 Å². The van der Waals surface area contributed by atoms with E-state index < -0.39 is 0 Å². The number of hydrogen-bond acceptors (Lipinski definition) is 2. The van der Waals surface area contributed by atoms with Gasteiger partial charge in [0.15, 0.2) is 0 Å². The predicted octanol–water partition coefficient (Wildman–Crippen LogP) is 2.94. The van der Waals surface area contributed by atoms with Gasteiger partial charge in [-0.15, -0.1) is 0 Å². The number of nitrogens with one attached hydrogen (secondary N) is 1. The number of carbonyl (C=O) groups excluding carboxylic acids is 1. The van der Waals surface area contributed by atoms with E-state index in [4.69, 9.17) is 0 Å². The predicted molar refractivity (Wildman–Crippen MR) is 77.6 cm³/mol. The van der Waals surface area contributed by atoms with E-state index in [2.05, 4.69) is 31.3 Å². The molecule has 2 rings (SSSR count). The van der Waals surface area contributed by atoms with Gasteiger partial charge in [0.2, 0.25) is 5.91 Å². The number of amides is 1. The maximum absolute atomic E-state index is 12.2. The summed E-state index contributed by atoms with van der Waals surface area (Å²) in [6.45, 7) is 7.23. The molecule has 0 aromatic heterocycles. The SMILES string of the molecule is CC(C)CCCN1C(=O)C(C)NC1c1ccccc1. The minimum atomic E-state index is -0.0794. The molecule has 1 fully saturated rings. The van der Waals surface area contributed by atoms with Gasteiger partial charge in [-0.05, 0) is 31.2 Å². The first-order valence-electron chi connectivity index (χ1n) is 7.21. The highest BCUT2D eigenvalue weighted by Gasteiger charge is 2.36. The average Bonchev–Trinajstić information content (AvgIpc) is 2.68. The molecular weight excluding hydrogens is 236 g/mol. The number of carbonyl (C=O) groups is 1. The molecule has 1 aromatic carbocycles. The van der Waals surface area contributed by atoms with Crippen molar-refractivity contribution in [1.82, 2.24) is 10.2 Å². The van der Waals surface area contributed by atoms with Crippen LogP contribution < -0.4 is 5.32 Å². The van der Waals surface area contributed by atoms with Gasteiger partial charge in [-0.2, -0.15) is 0 Å². The second-order valence-corrected chi connectivity index (χ2v) is 5.77. The molecule has 3 nitrogen and oxygen atoms in total. The molecule has 0 spiro atoms. The molecule has 2 atom stereocenters. The second kappa shape index (κ2) is 6.20. The minimum absolute atomic E-state index is 0.0378. The lowest BCUT2D eigenvalue weighted by Crippen LogP contribution is -2.31. The molecule has 1 heterocycles. The summed E-state index contributed by atoms with van der Waals surface area (Å²) < 4.78 is 0. The zero-order valence-corrected chi connectivity index (χ0v) is 12.1. The fraction of sp³-hybridized carbons (Fsp3) is 0.562. The van der Waals surface area contributed by atoms with E-state index >= 15 is 0 Å². The van der Waals surface area contributed by atoms with Crippen molar-refractivity contribution >= 4 is 5.91 Å². The Morgan fingerprint density at radius 2 is 1.95 bits per heavy atom. The second-order valence-electron chi connectivity index (χ2n) is 5.77. The van der Waals surface area contributed by atoms with Crippen molar-refractivity contribution in [3.05, 3.63) is 35.9 Å². The standard InChI is InChI=1S/C16H24N2O/c1-12(2)8-7-11-18-15(17-13(3)16(18)19)14-9-5-4-6-10-14/h4-6,9-10,12-13,15,17H,7-8,11H2,1-3H3. The lowest BCUT2D eigenvalue weighted by molar-refractivity contribution is -0.129. The summed E-state index contributed by atoms with van der Waals surface area (Å²) in [4.78, 5) is 14.2. The van der Waals surface area contributed by atoms with Crippen LogP contribution in [0.3, 0.4) is 0 Å². The fourth-order valence-corrected chi connectivity index (χ4v) is 2.59. The van der Waals surface area contributed by atoms with Crippen LogP contribution in [0, 0.1) is 5.92 Å². The van der Waals surface area contributed by atoms with E-state index in [0.717, 1.165) is 13.0 Å². The highest BCUT2D eigenvalue weighted by Crippen LogP contribution is 2.25. The van der Waals surface area contributed by atoms with Crippen LogP contribution in [0.2, 0.25) is 0 Å². The Kier molecular flexibility index (Phi) is 4.59. The maximum atomic E-state index is 12.2. The first-order valence-corrected chi connectivity index (χ1v) is 7.21. The molecule has 1 aromatic rings. The van der Waals surface area contributed by atoms with Crippen LogP contribution in [0.25, 0.3) is 0 Å². The molecule has 0 aliphatic carbocycles. The van der Waals surface area contributed by atoms with E-state index in [0.29, 0.717) is 5.92 Å². The van der Waals surface area contributed by atoms with Crippen molar-refractivity contribution in [2.75, 3.05) is 6.54 Å². The van der Waals surface area contributed by atoms with E-state index in [1.54, 1.807) is 0 Å². The molecule has 1 amide bonds. The van der Waals surface area contributed by atoms with Crippen LogP contribution in [0.4, 0.5) is 0 Å². The van der Waals surface area contributed by atoms with Gasteiger partial charge in [0.25, 0.3) is 0 Å². The maximum Gasteiger partial charge on any atom is 0.241 e. The monoisotopic (exact) mass is 260 g/mol. The summed E-state index contributed by atoms with van der Waals surface area (Å²) in [5.74, 6) is 0.913. The first-order chi connectivity index (χ1) is 9.09. The van der Waals surface area contributed by atoms with Gasteiger partial charge in [0, 0.05) is 6.54 Å². The number of hydrogen-bond donors (Lipinski definition) is 1. The zero-order valence-electron chi connectivity index (χ0n) is 12.1. The molecule has 1 aliphatic rings. The molecule has 0 radical (unpaired) electrons. The van der Waals surface area contributed by atoms with E-state index in [-0.39, 0.29) is 18.1 Å². The highest BCUT2D eigenvalue weighted by molar-refractivity contribution is 5.84. The highest BCUT2D eigenvalue weighted by atomic mass is 16.2. The Labute approximate surface area is 116 Å². The summed E-state index contributed by atoms with van der Waals surface area (Å²) in [6, 6.07) is 10.1. The summed E-state index contributed by atoms with van der Waals surface area (Å²) >= 11 is 0. The van der Waals surface area contributed by atoms with Crippen LogP contribution in [0.5, 0.6) is 0 Å². The molecule has 0 bridgehead atoms. The summed E-state index contributed by atoms with van der Waals surface area (Å²) in [5, 5.41) is 3.38. The molecule has 1 saturated heterocycles. The van der Waals surface area contributed by atoms with E-state index in [1.807, 2.05) is 30.0 Å². The van der Waals surface area contributed by atoms with Gasteiger partial charge >= 0.3 is 0 Å². The lowest BCUT2D eigenvalue weighted by Gasteiger charge is -2.25. The number of rotatable bonds is 5. The Balaban J connectivity index is 2.06. The first kappa shape index (κ1) is 14.1. The van der Waals surface area contributed by atoms with Crippen molar-refractivity contribution in [2.45, 2.75) is 45.8 Å². The third kappa shape index (κ3) is 3.35. The number of nitrogens with zero attached hydrogens (tertiary/aromatic N) is 1. The van der Waals surface area contributed by atoms with Gasteiger partial charge in [-0.25, -0.2) is 0 Å². The molecule has 0 saturated carbocycles. The lowest BCUT2D eigenvalue weighted by atomic mass is 10.1. The van der Waals surface area contributed by atoms with Crippen molar-refractivity contribution in [3.63, 3.8) is 0 Å². The Morgan fingerprint density at radius 1 is 1.26 bits per heavy atom. The fourth-order valence-electron chi connectivity index (χ4n) is 2.59. The summed E-state index contributed by atoms with van der Waals surface area (Å²) in [7, 11) is 0. The van der Waals surface area contributed by atoms with Gasteiger partial charge < -0.3 is 4.90 Å². The zero-order chi connectivity index (χ0) is 13.8. The van der Waals surface area contributed by atoms with Crippen LogP contribution in [0.15, 0.2) is 30.3 Å². The molecule has 19 heavy (non-hydrogen) atoms. The summed E-state index contributed by atoms with van der Waals surface area (Å²) in [5.41, 5.74) is 1.17. The van der Waals surface area contributed by atoms with Gasteiger partial charge in [0.1, 0.15) is 6.17 Å². The van der Waals surface area contributed by atoms with Crippen LogP contribution in [-0.2, 0) is 4.79 Å². The van der Waals surface area contributed by atoms with Crippen molar-refractivity contribution < 1.29 is 4.79 Å². The normalized spacial score (nSPS) is 23.4. The van der Waals surface area contributed by atoms with Crippen LogP contribution >= 0.6 is 0 Å². The van der Waals surface area contributed by atoms with Gasteiger partial charge in [0.05, 0.1) is 6.04 Å². The van der Waals surface area contributed by atoms with E-state index in [9.17, 15) is 4.79 Å². The topological polar surface area (TPSA) is 32.3 Å². The molecule has 1 N–H and O–H groups in total. The van der Waals surface area contributed by atoms with Crippen LogP contribution in [0.1, 0.15) is 45.3 Å². The molecule has 104 valence electrons. The van der Waals surface area contributed by atoms with Crippen molar-refractivity contribution in [1.29, 1.82) is 0 Å². The third-order valence-corrected chi connectivity index (χ3v) is 3.67. The average molecular weight is 260 g/mol. The summed E-state index contributed by atoms with van der Waals surface area (Å²) in [6.07, 6.45) is 2.27. The Bertz CT molecular complexity index is 416. The Hall–Kier alpha value is -1.35. The van der Waals surface area contributed by atoms with Crippen molar-refractivity contribution in [3.8, 4) is 0 Å². The molecule has 2 unspecified atom stereocenters. The smallest absolute Gasteiger partial charge is 0.241 e. The van der Waals surface area contributed by atoms with Gasteiger partial charge in [-0.3, -0.25) is 10.1 Å². The minimum Gasteiger partial charge on any atom is -0.322 e. The molecule has 1 aliphatic heterocycles. The molecular formula is C16H24N2O. The largest absolute Gasteiger partial charge is 0.322 e. The van der Waals surface area contributed by atoms with Crippen molar-refractivity contribution in [2.24, 2.45) is 5.92 Å². The third-order valence-electron chi connectivity index (χ3n) is 3.67. The number of benzene rings is 1. The van der Waals surface area contributed by atoms with E-state index in [1.165, 1.54) is 12.0 Å². The van der Waals surface area contributed by atoms with Gasteiger partial charge in [-0.1, -0.05) is 44.2 Å². The Morgan fingerprint density at radius 3 is 2.58 bits per heavy atom.